The molecule has 0 fully saturated rings. The second-order valence-corrected chi connectivity index (χ2v) is 4.52. The smallest absolute Gasteiger partial charge is 0.0540 e. The van der Waals surface area contributed by atoms with Gasteiger partial charge in [0.1, 0.15) is 0 Å². The number of benzene rings is 1. The van der Waals surface area contributed by atoms with Gasteiger partial charge in [0.15, 0.2) is 0 Å². The molecule has 1 aromatic carbocycles. The molecular weight excluding hydrogens is 261 g/mol. The van der Waals surface area contributed by atoms with E-state index < -0.39 is 0 Å². The molecule has 0 spiro atoms. The molecule has 1 unspecified atom stereocenters. The Morgan fingerprint density at radius 1 is 1.57 bits per heavy atom. The molecule has 0 aliphatic carbocycles. The number of nitrogens with one attached hydrogen (secondary N) is 1. The van der Waals surface area contributed by atoms with E-state index in [1.807, 2.05) is 32.2 Å². The molecule has 0 aliphatic heterocycles. The zero-order valence-electron chi connectivity index (χ0n) is 8.27. The third-order valence-corrected chi connectivity index (χ3v) is 3.01. The number of hydrogen-bond acceptors (Lipinski definition) is 1. The number of halogens is 2. The third-order valence-electron chi connectivity index (χ3n) is 2.05. The Bertz CT molecular complexity index is 349. The van der Waals surface area contributed by atoms with Crippen molar-refractivity contribution in [3.8, 4) is 0 Å². The Morgan fingerprint density at radius 2 is 2.21 bits per heavy atom. The highest BCUT2D eigenvalue weighted by atomic mass is 79.9. The van der Waals surface area contributed by atoms with Gasteiger partial charge in [0.05, 0.1) is 6.04 Å². The van der Waals surface area contributed by atoms with E-state index in [4.69, 9.17) is 11.6 Å². The molecule has 0 aromatic heterocycles. The fraction of sp³-hybridized carbons (Fsp3) is 0.273. The van der Waals surface area contributed by atoms with E-state index in [1.165, 1.54) is 0 Å². The van der Waals surface area contributed by atoms with Gasteiger partial charge in [-0.1, -0.05) is 39.7 Å². The molecule has 1 aromatic rings. The minimum absolute atomic E-state index is 0.142. The summed E-state index contributed by atoms with van der Waals surface area (Å²) in [6, 6.07) is 5.90. The van der Waals surface area contributed by atoms with Crippen molar-refractivity contribution >= 4 is 27.5 Å². The van der Waals surface area contributed by atoms with E-state index in [-0.39, 0.29) is 6.04 Å². The molecule has 1 atom stereocenters. The Morgan fingerprint density at radius 3 is 2.71 bits per heavy atom. The Balaban J connectivity index is 3.15. The molecular formula is C11H13BrClN. The molecule has 1 nitrogen and oxygen atoms in total. The molecule has 14 heavy (non-hydrogen) atoms. The van der Waals surface area contributed by atoms with Crippen LogP contribution >= 0.6 is 27.5 Å². The van der Waals surface area contributed by atoms with Crippen LogP contribution in [0.2, 0.25) is 5.02 Å². The van der Waals surface area contributed by atoms with Crippen molar-refractivity contribution < 1.29 is 0 Å². The summed E-state index contributed by atoms with van der Waals surface area (Å²) in [7, 11) is 1.91. The summed E-state index contributed by atoms with van der Waals surface area (Å²) in [6.07, 6.45) is 0. The lowest BCUT2D eigenvalue weighted by Crippen LogP contribution is -2.17. The highest BCUT2D eigenvalue weighted by Crippen LogP contribution is 2.29. The summed E-state index contributed by atoms with van der Waals surface area (Å²) in [5, 5.41) is 3.94. The van der Waals surface area contributed by atoms with Gasteiger partial charge in [0.2, 0.25) is 0 Å². The van der Waals surface area contributed by atoms with Crippen molar-refractivity contribution in [2.24, 2.45) is 0 Å². The lowest BCUT2D eigenvalue weighted by molar-refractivity contribution is 0.677. The number of rotatable bonds is 3. The predicted octanol–water partition coefficient (Wildman–Crippen LogP) is 3.94. The highest BCUT2D eigenvalue weighted by molar-refractivity contribution is 9.10. The first-order valence-corrected chi connectivity index (χ1v) is 5.51. The number of likely N-dealkylation sites (N-methyl/N-ethyl adjacent to an activating group) is 1. The van der Waals surface area contributed by atoms with Crippen LogP contribution in [0.3, 0.4) is 0 Å². The van der Waals surface area contributed by atoms with Crippen LogP contribution in [0.4, 0.5) is 0 Å². The molecule has 0 saturated heterocycles. The van der Waals surface area contributed by atoms with Crippen LogP contribution in [0.25, 0.3) is 0 Å². The van der Waals surface area contributed by atoms with Crippen molar-refractivity contribution in [2.45, 2.75) is 13.0 Å². The predicted molar refractivity (Wildman–Crippen MR) is 65.8 cm³/mol. The number of hydrogen-bond donors (Lipinski definition) is 1. The van der Waals surface area contributed by atoms with Crippen molar-refractivity contribution in [2.75, 3.05) is 7.05 Å². The summed E-state index contributed by atoms with van der Waals surface area (Å²) in [4.78, 5) is 0. The van der Waals surface area contributed by atoms with Gasteiger partial charge < -0.3 is 5.32 Å². The summed E-state index contributed by atoms with van der Waals surface area (Å²) < 4.78 is 1.05. The second-order valence-electron chi connectivity index (χ2n) is 3.23. The first-order valence-electron chi connectivity index (χ1n) is 4.34. The van der Waals surface area contributed by atoms with Gasteiger partial charge in [-0.25, -0.2) is 0 Å². The quantitative estimate of drug-likeness (QED) is 0.823. The van der Waals surface area contributed by atoms with Crippen LogP contribution in [0.5, 0.6) is 0 Å². The van der Waals surface area contributed by atoms with Gasteiger partial charge in [-0.3, -0.25) is 0 Å². The van der Waals surface area contributed by atoms with Gasteiger partial charge in [-0.2, -0.15) is 0 Å². The van der Waals surface area contributed by atoms with E-state index >= 15 is 0 Å². The second kappa shape index (κ2) is 4.96. The summed E-state index contributed by atoms with van der Waals surface area (Å²) in [5.74, 6) is 0. The van der Waals surface area contributed by atoms with Crippen LogP contribution in [0.15, 0.2) is 34.8 Å². The summed E-state index contributed by atoms with van der Waals surface area (Å²) in [6.45, 7) is 5.94. The van der Waals surface area contributed by atoms with E-state index in [2.05, 4.69) is 27.8 Å². The first kappa shape index (κ1) is 11.8. The van der Waals surface area contributed by atoms with Crippen molar-refractivity contribution in [1.29, 1.82) is 0 Å². The molecule has 0 amide bonds. The van der Waals surface area contributed by atoms with Crippen molar-refractivity contribution in [3.63, 3.8) is 0 Å². The van der Waals surface area contributed by atoms with E-state index in [0.29, 0.717) is 0 Å². The molecule has 1 rings (SSSR count). The van der Waals surface area contributed by atoms with Gasteiger partial charge in [0.25, 0.3) is 0 Å². The minimum Gasteiger partial charge on any atom is -0.310 e. The van der Waals surface area contributed by atoms with E-state index in [9.17, 15) is 0 Å². The topological polar surface area (TPSA) is 12.0 Å². The fourth-order valence-corrected chi connectivity index (χ4v) is 2.06. The molecule has 1 N–H and O–H groups in total. The normalized spacial score (nSPS) is 12.6. The van der Waals surface area contributed by atoms with Gasteiger partial charge in [-0.05, 0) is 37.7 Å². The molecule has 0 heterocycles. The van der Waals surface area contributed by atoms with Crippen LogP contribution in [0.1, 0.15) is 18.5 Å². The zero-order chi connectivity index (χ0) is 10.7. The van der Waals surface area contributed by atoms with Crippen molar-refractivity contribution in [3.05, 3.63) is 45.4 Å². The molecule has 76 valence electrons. The Kier molecular flexibility index (Phi) is 4.17. The van der Waals surface area contributed by atoms with Crippen LogP contribution in [-0.4, -0.2) is 7.05 Å². The lowest BCUT2D eigenvalue weighted by atomic mass is 10.0. The van der Waals surface area contributed by atoms with E-state index in [1.54, 1.807) is 0 Å². The van der Waals surface area contributed by atoms with Crippen LogP contribution in [0, 0.1) is 0 Å². The maximum atomic E-state index is 5.94. The Labute approximate surface area is 98.3 Å². The van der Waals surface area contributed by atoms with Crippen molar-refractivity contribution in [1.82, 2.24) is 5.32 Å². The summed E-state index contributed by atoms with van der Waals surface area (Å²) in [5.41, 5.74) is 2.18. The highest BCUT2D eigenvalue weighted by Gasteiger charge is 2.13. The summed E-state index contributed by atoms with van der Waals surface area (Å²) >= 11 is 9.44. The largest absolute Gasteiger partial charge is 0.310 e. The maximum absolute atomic E-state index is 5.94. The standard InChI is InChI=1S/C11H13BrClN/c1-7(2)11(14-3)9-6-8(13)4-5-10(9)12/h4-6,11,14H,1H2,2-3H3. The molecule has 0 aliphatic rings. The molecule has 0 bridgehead atoms. The van der Waals surface area contributed by atoms with Crippen LogP contribution < -0.4 is 5.32 Å². The SMILES string of the molecule is C=C(C)C(NC)c1cc(Cl)ccc1Br. The monoisotopic (exact) mass is 273 g/mol. The lowest BCUT2D eigenvalue weighted by Gasteiger charge is -2.18. The van der Waals surface area contributed by atoms with Crippen LogP contribution in [-0.2, 0) is 0 Å². The maximum Gasteiger partial charge on any atom is 0.0540 e. The zero-order valence-corrected chi connectivity index (χ0v) is 10.6. The average Bonchev–Trinajstić information content (AvgIpc) is 2.11. The fourth-order valence-electron chi connectivity index (χ4n) is 1.40. The third kappa shape index (κ3) is 2.59. The molecule has 0 radical (unpaired) electrons. The minimum atomic E-state index is 0.142. The Hall–Kier alpha value is -0.310. The first-order chi connectivity index (χ1) is 6.56. The average molecular weight is 275 g/mol. The molecule has 3 heteroatoms. The van der Waals surface area contributed by atoms with E-state index in [0.717, 1.165) is 20.6 Å². The van der Waals surface area contributed by atoms with Gasteiger partial charge in [-0.15, -0.1) is 0 Å². The molecule has 0 saturated carbocycles. The van der Waals surface area contributed by atoms with Gasteiger partial charge in [0, 0.05) is 9.50 Å². The van der Waals surface area contributed by atoms with Gasteiger partial charge >= 0.3 is 0 Å².